The van der Waals surface area contributed by atoms with E-state index in [1.165, 1.54) is 23.5 Å². The second-order valence-corrected chi connectivity index (χ2v) is 5.83. The monoisotopic (exact) mass is 331 g/mol. The third-order valence-electron chi connectivity index (χ3n) is 3.17. The Morgan fingerprint density at radius 2 is 2.04 bits per heavy atom. The lowest BCUT2D eigenvalue weighted by Crippen LogP contribution is -2.23. The molecule has 0 unspecified atom stereocenters. The maximum atomic E-state index is 12.8. The number of amides is 1. The van der Waals surface area contributed by atoms with Crippen molar-refractivity contribution in [3.63, 3.8) is 0 Å². The van der Waals surface area contributed by atoms with Crippen LogP contribution < -0.4 is 5.32 Å². The van der Waals surface area contributed by atoms with E-state index in [0.29, 0.717) is 24.7 Å². The summed E-state index contributed by atoms with van der Waals surface area (Å²) in [6.45, 7) is 0.364. The summed E-state index contributed by atoms with van der Waals surface area (Å²) in [4.78, 5) is 12.7. The molecule has 5 nitrogen and oxygen atoms in total. The molecule has 2 aromatic heterocycles. The lowest BCUT2D eigenvalue weighted by molar-refractivity contribution is -0.121. The van der Waals surface area contributed by atoms with Gasteiger partial charge >= 0.3 is 0 Å². The van der Waals surface area contributed by atoms with Gasteiger partial charge in [-0.3, -0.25) is 4.79 Å². The Bertz CT molecular complexity index is 769. The van der Waals surface area contributed by atoms with E-state index in [4.69, 9.17) is 4.42 Å². The fourth-order valence-corrected chi connectivity index (χ4v) is 2.61. The highest BCUT2D eigenvalue weighted by atomic mass is 32.1. The van der Waals surface area contributed by atoms with Crippen LogP contribution in [0.15, 0.2) is 46.2 Å². The Balaban J connectivity index is 1.46. The largest absolute Gasteiger partial charge is 0.420 e. The SMILES string of the molecule is O=C(CCc1nnc(-c2cccs2)o1)NCc1ccc(F)cc1. The molecule has 3 rings (SSSR count). The van der Waals surface area contributed by atoms with E-state index in [9.17, 15) is 9.18 Å². The quantitative estimate of drug-likeness (QED) is 0.753. The Morgan fingerprint density at radius 1 is 1.22 bits per heavy atom. The highest BCUT2D eigenvalue weighted by molar-refractivity contribution is 7.13. The first-order chi connectivity index (χ1) is 11.2. The number of carbonyl (C=O) groups excluding carboxylic acids is 1. The molecule has 0 aliphatic heterocycles. The average Bonchev–Trinajstić information content (AvgIpc) is 3.23. The second kappa shape index (κ2) is 7.15. The van der Waals surface area contributed by atoms with Crippen molar-refractivity contribution >= 4 is 17.2 Å². The van der Waals surface area contributed by atoms with Crippen LogP contribution in [0.5, 0.6) is 0 Å². The number of halogens is 1. The zero-order chi connectivity index (χ0) is 16.1. The number of aryl methyl sites for hydroxylation is 1. The Morgan fingerprint density at radius 3 is 2.78 bits per heavy atom. The highest BCUT2D eigenvalue weighted by Crippen LogP contribution is 2.23. The lowest BCUT2D eigenvalue weighted by atomic mass is 10.2. The molecular formula is C16H14FN3O2S. The molecule has 1 amide bonds. The molecule has 0 aliphatic rings. The summed E-state index contributed by atoms with van der Waals surface area (Å²) in [5.74, 6) is 0.496. The molecule has 23 heavy (non-hydrogen) atoms. The van der Waals surface area contributed by atoms with Gasteiger partial charge in [-0.2, -0.15) is 0 Å². The Kier molecular flexibility index (Phi) is 4.77. The van der Waals surface area contributed by atoms with Crippen molar-refractivity contribution < 1.29 is 13.6 Å². The number of nitrogens with one attached hydrogen (secondary N) is 1. The first-order valence-electron chi connectivity index (χ1n) is 7.08. The second-order valence-electron chi connectivity index (χ2n) is 4.88. The standard InChI is InChI=1S/C16H14FN3O2S/c17-12-5-3-11(4-6-12)10-18-14(21)7-8-15-19-20-16(22-15)13-2-1-9-23-13/h1-6,9H,7-8,10H2,(H,18,21). The molecule has 0 aliphatic carbocycles. The number of nitrogens with zero attached hydrogens (tertiary/aromatic N) is 2. The van der Waals surface area contributed by atoms with Crippen molar-refractivity contribution in [2.45, 2.75) is 19.4 Å². The van der Waals surface area contributed by atoms with Crippen LogP contribution in [-0.2, 0) is 17.8 Å². The number of hydrogen-bond acceptors (Lipinski definition) is 5. The third kappa shape index (κ3) is 4.23. The summed E-state index contributed by atoms with van der Waals surface area (Å²) in [6.07, 6.45) is 0.640. The number of thiophene rings is 1. The molecule has 1 N–H and O–H groups in total. The first-order valence-corrected chi connectivity index (χ1v) is 7.96. The number of carbonyl (C=O) groups is 1. The van der Waals surface area contributed by atoms with Crippen LogP contribution in [0.25, 0.3) is 10.8 Å². The minimum absolute atomic E-state index is 0.120. The number of aromatic nitrogens is 2. The van der Waals surface area contributed by atoms with Crippen molar-refractivity contribution in [3.8, 4) is 10.8 Å². The van der Waals surface area contributed by atoms with E-state index >= 15 is 0 Å². The minimum Gasteiger partial charge on any atom is -0.420 e. The van der Waals surface area contributed by atoms with E-state index in [0.717, 1.165) is 10.4 Å². The van der Waals surface area contributed by atoms with Crippen molar-refractivity contribution in [2.24, 2.45) is 0 Å². The molecular weight excluding hydrogens is 317 g/mol. The molecule has 0 spiro atoms. The Labute approximate surface area is 136 Å². The zero-order valence-corrected chi connectivity index (χ0v) is 13.0. The smallest absolute Gasteiger partial charge is 0.257 e. The van der Waals surface area contributed by atoms with Gasteiger partial charge < -0.3 is 9.73 Å². The molecule has 2 heterocycles. The normalized spacial score (nSPS) is 10.7. The van der Waals surface area contributed by atoms with Crippen molar-refractivity contribution in [3.05, 3.63) is 59.0 Å². The summed E-state index contributed by atoms with van der Waals surface area (Å²) < 4.78 is 18.3. The molecule has 0 atom stereocenters. The predicted molar refractivity (Wildman–Crippen MR) is 84.2 cm³/mol. The molecule has 3 aromatic rings. The van der Waals surface area contributed by atoms with E-state index in [1.54, 1.807) is 12.1 Å². The fraction of sp³-hybridized carbons (Fsp3) is 0.188. The van der Waals surface area contributed by atoms with Crippen LogP contribution in [0.2, 0.25) is 0 Å². The van der Waals surface area contributed by atoms with Crippen LogP contribution in [-0.4, -0.2) is 16.1 Å². The Hall–Kier alpha value is -2.54. The van der Waals surface area contributed by atoms with Gasteiger partial charge in [0.15, 0.2) is 0 Å². The molecule has 0 fully saturated rings. The van der Waals surface area contributed by atoms with Gasteiger partial charge in [-0.1, -0.05) is 18.2 Å². The molecule has 0 radical (unpaired) electrons. The van der Waals surface area contributed by atoms with Gasteiger partial charge in [0.1, 0.15) is 5.82 Å². The maximum absolute atomic E-state index is 12.8. The predicted octanol–water partition coefficient (Wildman–Crippen LogP) is 3.19. The molecule has 1 aromatic carbocycles. The van der Waals surface area contributed by atoms with Crippen molar-refractivity contribution in [1.29, 1.82) is 0 Å². The van der Waals surface area contributed by atoms with Gasteiger partial charge in [-0.25, -0.2) is 4.39 Å². The van der Waals surface area contributed by atoms with Gasteiger partial charge in [0.05, 0.1) is 4.88 Å². The summed E-state index contributed by atoms with van der Waals surface area (Å²) >= 11 is 1.52. The zero-order valence-electron chi connectivity index (χ0n) is 12.2. The number of rotatable bonds is 6. The fourth-order valence-electron chi connectivity index (χ4n) is 1.97. The minimum atomic E-state index is -0.294. The van der Waals surface area contributed by atoms with E-state index in [1.807, 2.05) is 17.5 Å². The van der Waals surface area contributed by atoms with E-state index in [-0.39, 0.29) is 18.1 Å². The van der Waals surface area contributed by atoms with Gasteiger partial charge in [0.2, 0.25) is 11.8 Å². The molecule has 0 saturated carbocycles. The summed E-state index contributed by atoms with van der Waals surface area (Å²) in [5, 5.41) is 12.6. The lowest BCUT2D eigenvalue weighted by Gasteiger charge is -2.04. The van der Waals surface area contributed by atoms with Crippen molar-refractivity contribution in [2.75, 3.05) is 0 Å². The van der Waals surface area contributed by atoms with Crippen LogP contribution in [0.3, 0.4) is 0 Å². The molecule has 0 bridgehead atoms. The van der Waals surface area contributed by atoms with Gasteiger partial charge in [0.25, 0.3) is 5.89 Å². The van der Waals surface area contributed by atoms with E-state index in [2.05, 4.69) is 15.5 Å². The van der Waals surface area contributed by atoms with Gasteiger partial charge in [-0.15, -0.1) is 21.5 Å². The molecule has 7 heteroatoms. The van der Waals surface area contributed by atoms with Crippen LogP contribution in [0.1, 0.15) is 17.9 Å². The summed E-state index contributed by atoms with van der Waals surface area (Å²) in [7, 11) is 0. The number of benzene rings is 1. The summed E-state index contributed by atoms with van der Waals surface area (Å²) in [6, 6.07) is 9.82. The van der Waals surface area contributed by atoms with Crippen LogP contribution in [0, 0.1) is 5.82 Å². The maximum Gasteiger partial charge on any atom is 0.257 e. The van der Waals surface area contributed by atoms with Gasteiger partial charge in [0, 0.05) is 19.4 Å². The number of hydrogen-bond donors (Lipinski definition) is 1. The van der Waals surface area contributed by atoms with Gasteiger partial charge in [-0.05, 0) is 29.1 Å². The average molecular weight is 331 g/mol. The van der Waals surface area contributed by atoms with Crippen molar-refractivity contribution in [1.82, 2.24) is 15.5 Å². The highest BCUT2D eigenvalue weighted by Gasteiger charge is 2.11. The summed E-state index contributed by atoms with van der Waals surface area (Å²) in [5.41, 5.74) is 0.845. The van der Waals surface area contributed by atoms with E-state index < -0.39 is 0 Å². The molecule has 118 valence electrons. The topological polar surface area (TPSA) is 68.0 Å². The molecule has 0 saturated heterocycles. The first kappa shape index (κ1) is 15.4. The van der Waals surface area contributed by atoms with Crippen LogP contribution in [0.4, 0.5) is 4.39 Å². The third-order valence-corrected chi connectivity index (χ3v) is 4.03. The van der Waals surface area contributed by atoms with Crippen LogP contribution >= 0.6 is 11.3 Å².